The van der Waals surface area contributed by atoms with Gasteiger partial charge in [0.15, 0.2) is 5.78 Å². The van der Waals surface area contributed by atoms with Gasteiger partial charge in [-0.15, -0.1) is 0 Å². The lowest BCUT2D eigenvalue weighted by Crippen LogP contribution is -2.42. The number of benzene rings is 1. The second kappa shape index (κ2) is 7.56. The van der Waals surface area contributed by atoms with Crippen LogP contribution in [0, 0.1) is 0 Å². The third kappa shape index (κ3) is 3.90. The Balaban J connectivity index is 1.54. The maximum Gasteiger partial charge on any atom is 0.155 e. The van der Waals surface area contributed by atoms with Crippen molar-refractivity contribution >= 4 is 16.7 Å². The fourth-order valence-electron chi connectivity index (χ4n) is 3.76. The van der Waals surface area contributed by atoms with Crippen molar-refractivity contribution in [2.75, 3.05) is 13.1 Å². The minimum absolute atomic E-state index is 0.0514. The first-order chi connectivity index (χ1) is 13.1. The number of aromatic nitrogens is 4. The van der Waals surface area contributed by atoms with Crippen LogP contribution >= 0.6 is 0 Å². The van der Waals surface area contributed by atoms with Gasteiger partial charge >= 0.3 is 0 Å². The number of hydrogen-bond acceptors (Lipinski definition) is 5. The van der Waals surface area contributed by atoms with Crippen LogP contribution in [0.3, 0.4) is 0 Å². The molecule has 3 heterocycles. The van der Waals surface area contributed by atoms with E-state index in [9.17, 15) is 4.79 Å². The van der Waals surface area contributed by atoms with Gasteiger partial charge in [0, 0.05) is 24.2 Å². The molecule has 0 spiro atoms. The number of carbonyl (C=O) groups is 1. The third-order valence-corrected chi connectivity index (χ3v) is 5.43. The monoisotopic (exact) mass is 363 g/mol. The summed E-state index contributed by atoms with van der Waals surface area (Å²) in [5.74, 6) is 0.217. The van der Waals surface area contributed by atoms with Crippen LogP contribution in [0.25, 0.3) is 22.0 Å². The number of piperidine rings is 1. The van der Waals surface area contributed by atoms with E-state index in [4.69, 9.17) is 0 Å². The number of ketones is 1. The summed E-state index contributed by atoms with van der Waals surface area (Å²) in [4.78, 5) is 15.0. The summed E-state index contributed by atoms with van der Waals surface area (Å²) < 4.78 is 1.79. The van der Waals surface area contributed by atoms with Gasteiger partial charge in [-0.2, -0.15) is 15.3 Å². The predicted molar refractivity (Wildman–Crippen MR) is 105 cm³/mol. The molecule has 1 aliphatic rings. The van der Waals surface area contributed by atoms with Gasteiger partial charge < -0.3 is 0 Å². The molecule has 0 radical (unpaired) electrons. The number of hydrogen-bond donors (Lipinski definition) is 0. The lowest BCUT2D eigenvalue weighted by Gasteiger charge is -2.31. The van der Waals surface area contributed by atoms with E-state index < -0.39 is 0 Å². The molecule has 6 nitrogen and oxygen atoms in total. The van der Waals surface area contributed by atoms with Crippen LogP contribution < -0.4 is 0 Å². The number of likely N-dealkylation sites (tertiary alicyclic amines) is 1. The largest absolute Gasteiger partial charge is 0.298 e. The molecule has 140 valence electrons. The molecule has 1 atom stereocenters. The molecule has 1 saturated heterocycles. The summed E-state index contributed by atoms with van der Waals surface area (Å²) in [6, 6.07) is 8.01. The van der Waals surface area contributed by atoms with Gasteiger partial charge in [-0.1, -0.05) is 12.5 Å². The maximum atomic E-state index is 12.7. The summed E-state index contributed by atoms with van der Waals surface area (Å²) in [6.45, 7) is 4.05. The standard InChI is InChI=1S/C21H25N5O/c1-15(26-8-4-3-5-9-26)21(27)12-19-11-17-10-16(6-7-20(17)24-23-19)18-13-22-25(2)14-18/h6-7,10-11,13-15H,3-5,8-9,12H2,1-2H3. The van der Waals surface area contributed by atoms with Crippen LogP contribution in [0.4, 0.5) is 0 Å². The summed E-state index contributed by atoms with van der Waals surface area (Å²) in [7, 11) is 1.91. The van der Waals surface area contributed by atoms with E-state index in [2.05, 4.69) is 26.3 Å². The van der Waals surface area contributed by atoms with E-state index in [-0.39, 0.29) is 11.8 Å². The summed E-state index contributed by atoms with van der Waals surface area (Å²) >= 11 is 0. The van der Waals surface area contributed by atoms with Crippen molar-refractivity contribution in [3.63, 3.8) is 0 Å². The Bertz CT molecular complexity index is 958. The summed E-state index contributed by atoms with van der Waals surface area (Å²) in [6.07, 6.45) is 7.81. The van der Waals surface area contributed by atoms with E-state index in [1.807, 2.05) is 44.6 Å². The van der Waals surface area contributed by atoms with Gasteiger partial charge in [0.25, 0.3) is 0 Å². The second-order valence-corrected chi connectivity index (χ2v) is 7.43. The minimum Gasteiger partial charge on any atom is -0.298 e. The van der Waals surface area contributed by atoms with E-state index in [1.54, 1.807) is 4.68 Å². The van der Waals surface area contributed by atoms with Gasteiger partial charge in [0.1, 0.15) is 0 Å². The van der Waals surface area contributed by atoms with Crippen LogP contribution in [0.2, 0.25) is 0 Å². The van der Waals surface area contributed by atoms with Crippen LogP contribution in [0.5, 0.6) is 0 Å². The molecule has 2 aromatic heterocycles. The molecule has 0 N–H and O–H groups in total. The molecule has 0 saturated carbocycles. The van der Waals surface area contributed by atoms with Crippen LogP contribution in [0.1, 0.15) is 31.9 Å². The zero-order valence-electron chi connectivity index (χ0n) is 15.9. The number of carbonyl (C=O) groups excluding carboxylic acids is 1. The number of nitrogens with zero attached hydrogens (tertiary/aromatic N) is 5. The van der Waals surface area contributed by atoms with Gasteiger partial charge in [-0.05, 0) is 56.6 Å². The molecule has 1 aromatic carbocycles. The number of rotatable bonds is 5. The highest BCUT2D eigenvalue weighted by Gasteiger charge is 2.23. The van der Waals surface area contributed by atoms with E-state index >= 15 is 0 Å². The average Bonchev–Trinajstić information content (AvgIpc) is 3.14. The lowest BCUT2D eigenvalue weighted by atomic mass is 10.0. The smallest absolute Gasteiger partial charge is 0.155 e. The van der Waals surface area contributed by atoms with E-state index in [0.717, 1.165) is 40.8 Å². The molecular formula is C21H25N5O. The number of aryl methyl sites for hydroxylation is 1. The first-order valence-electron chi connectivity index (χ1n) is 9.62. The maximum absolute atomic E-state index is 12.7. The highest BCUT2D eigenvalue weighted by atomic mass is 16.1. The fraction of sp³-hybridized carbons (Fsp3) is 0.429. The van der Waals surface area contributed by atoms with E-state index in [1.165, 1.54) is 19.3 Å². The third-order valence-electron chi connectivity index (χ3n) is 5.43. The van der Waals surface area contributed by atoms with Crippen molar-refractivity contribution in [1.29, 1.82) is 0 Å². The SMILES string of the molecule is CC(C(=O)Cc1cc2cc(-c3cnn(C)c3)ccc2nn1)N1CCCCC1. The number of Topliss-reactive ketones (excluding diaryl/α,β-unsaturated/α-hetero) is 1. The summed E-state index contributed by atoms with van der Waals surface area (Å²) in [5, 5.41) is 13.8. The Kier molecular flexibility index (Phi) is 4.99. The van der Waals surface area contributed by atoms with Gasteiger partial charge in [0.05, 0.1) is 29.9 Å². The van der Waals surface area contributed by atoms with Crippen molar-refractivity contribution < 1.29 is 4.79 Å². The fourth-order valence-corrected chi connectivity index (χ4v) is 3.76. The molecule has 27 heavy (non-hydrogen) atoms. The zero-order chi connectivity index (χ0) is 18.8. The first-order valence-corrected chi connectivity index (χ1v) is 9.62. The Morgan fingerprint density at radius 1 is 1.11 bits per heavy atom. The molecule has 1 unspecified atom stereocenters. The lowest BCUT2D eigenvalue weighted by molar-refractivity contribution is -0.123. The Hall–Kier alpha value is -2.60. The Morgan fingerprint density at radius 3 is 2.67 bits per heavy atom. The van der Waals surface area contributed by atoms with Gasteiger partial charge in [-0.3, -0.25) is 14.4 Å². The molecule has 3 aromatic rings. The van der Waals surface area contributed by atoms with Crippen molar-refractivity contribution in [2.45, 2.75) is 38.6 Å². The Morgan fingerprint density at radius 2 is 1.93 bits per heavy atom. The molecule has 4 rings (SSSR count). The van der Waals surface area contributed by atoms with Crippen LogP contribution in [-0.4, -0.2) is 49.8 Å². The van der Waals surface area contributed by atoms with Crippen molar-refractivity contribution in [2.24, 2.45) is 7.05 Å². The number of fused-ring (bicyclic) bond motifs is 1. The van der Waals surface area contributed by atoms with Crippen molar-refractivity contribution in [3.05, 3.63) is 42.4 Å². The second-order valence-electron chi connectivity index (χ2n) is 7.43. The highest BCUT2D eigenvalue weighted by Crippen LogP contribution is 2.23. The first kappa shape index (κ1) is 17.8. The molecule has 6 heteroatoms. The zero-order valence-corrected chi connectivity index (χ0v) is 15.9. The van der Waals surface area contributed by atoms with Gasteiger partial charge in [0.2, 0.25) is 0 Å². The Labute approximate surface area is 159 Å². The molecule has 1 fully saturated rings. The molecule has 0 aliphatic carbocycles. The van der Waals surface area contributed by atoms with Gasteiger partial charge in [-0.25, -0.2) is 0 Å². The van der Waals surface area contributed by atoms with Crippen LogP contribution in [0.15, 0.2) is 36.7 Å². The summed E-state index contributed by atoms with van der Waals surface area (Å²) in [5.41, 5.74) is 3.72. The van der Waals surface area contributed by atoms with Crippen LogP contribution in [-0.2, 0) is 18.3 Å². The van der Waals surface area contributed by atoms with Crippen molar-refractivity contribution in [3.8, 4) is 11.1 Å². The molecule has 0 bridgehead atoms. The normalized spacial score (nSPS) is 16.5. The molecular weight excluding hydrogens is 338 g/mol. The van der Waals surface area contributed by atoms with E-state index in [0.29, 0.717) is 6.42 Å². The quantitative estimate of drug-likeness (QED) is 0.697. The molecule has 1 aliphatic heterocycles. The predicted octanol–water partition coefficient (Wildman–Crippen LogP) is 3.02. The minimum atomic E-state index is -0.0514. The van der Waals surface area contributed by atoms with Crippen molar-refractivity contribution in [1.82, 2.24) is 24.9 Å². The highest BCUT2D eigenvalue weighted by molar-refractivity contribution is 5.88. The average molecular weight is 363 g/mol. The topological polar surface area (TPSA) is 63.9 Å². The molecule has 0 amide bonds.